The van der Waals surface area contributed by atoms with E-state index < -0.39 is 18.2 Å². The van der Waals surface area contributed by atoms with Crippen LogP contribution in [0.3, 0.4) is 0 Å². The summed E-state index contributed by atoms with van der Waals surface area (Å²) >= 11 is 5.21. The van der Waals surface area contributed by atoms with Gasteiger partial charge >= 0.3 is 5.97 Å². The number of rotatable bonds is 11. The summed E-state index contributed by atoms with van der Waals surface area (Å²) in [7, 11) is 0. The number of unbranched alkanes of at least 4 members (excludes halogenated alkanes) is 1. The van der Waals surface area contributed by atoms with Crippen LogP contribution in [-0.4, -0.2) is 34.2 Å². The van der Waals surface area contributed by atoms with Gasteiger partial charge in [-0.3, -0.25) is 9.59 Å². The maximum atomic E-state index is 12.2. The van der Waals surface area contributed by atoms with Gasteiger partial charge in [-0.2, -0.15) is 0 Å². The van der Waals surface area contributed by atoms with Crippen LogP contribution >= 0.6 is 27.3 Å². The fraction of sp³-hybridized carbons (Fsp3) is 0.524. The first-order valence-electron chi connectivity index (χ1n) is 9.52. The minimum Gasteiger partial charge on any atom is -0.491 e. The van der Waals surface area contributed by atoms with Crippen molar-refractivity contribution in [3.63, 3.8) is 0 Å². The highest BCUT2D eigenvalue weighted by molar-refractivity contribution is 9.10. The number of aryl methyl sites for hydroxylation is 2. The zero-order valence-corrected chi connectivity index (χ0v) is 18.4. The third kappa shape index (κ3) is 7.53. The van der Waals surface area contributed by atoms with Crippen molar-refractivity contribution in [3.05, 3.63) is 44.3 Å². The Morgan fingerprint density at radius 1 is 1.39 bits per heavy atom. The van der Waals surface area contributed by atoms with E-state index in [1.807, 2.05) is 6.08 Å². The summed E-state index contributed by atoms with van der Waals surface area (Å²) in [6, 6.07) is 2.08. The number of thiophene rings is 1. The minimum absolute atomic E-state index is 0.131. The standard InChI is InChI=1S/C21H27BrO5S/c1-14-18(22)13-17(28-14)10-9-16(23)8-6-15-7-11-19(24)21(15)27-12-4-2-3-5-20(25)26/h4,6,12-13,19,21,24H,2-3,5,7-11H2,1H3,(H,25,26)/t19?,21-/m1/s1. The number of allylic oxidation sites excluding steroid dienone is 2. The maximum Gasteiger partial charge on any atom is 0.303 e. The average Bonchev–Trinajstić information content (AvgIpc) is 3.16. The third-order valence-corrected chi connectivity index (χ3v) is 6.87. The first kappa shape index (κ1) is 22.8. The smallest absolute Gasteiger partial charge is 0.303 e. The van der Waals surface area contributed by atoms with Crippen LogP contribution in [0, 0.1) is 6.92 Å². The molecule has 0 amide bonds. The zero-order chi connectivity index (χ0) is 20.5. The second-order valence-electron chi connectivity index (χ2n) is 6.96. The molecule has 2 atom stereocenters. The number of carbonyl (C=O) groups is 2. The molecule has 0 saturated heterocycles. The summed E-state index contributed by atoms with van der Waals surface area (Å²) in [4.78, 5) is 25.1. The summed E-state index contributed by atoms with van der Waals surface area (Å²) in [6.45, 7) is 2.05. The van der Waals surface area contributed by atoms with Crippen LogP contribution in [0.2, 0.25) is 0 Å². The van der Waals surface area contributed by atoms with Crippen LogP contribution in [0.15, 0.2) is 34.5 Å². The van der Waals surface area contributed by atoms with Gasteiger partial charge in [0.2, 0.25) is 0 Å². The summed E-state index contributed by atoms with van der Waals surface area (Å²) in [6.07, 6.45) is 8.49. The normalized spacial score (nSPS) is 20.9. The Kier molecular flexibility index (Phi) is 9.41. The molecule has 5 nitrogen and oxygen atoms in total. The van der Waals surface area contributed by atoms with Crippen LogP contribution in [0.4, 0.5) is 0 Å². The number of aliphatic hydroxyl groups is 1. The number of hydrogen-bond donors (Lipinski definition) is 2. The van der Waals surface area contributed by atoms with Crippen molar-refractivity contribution >= 4 is 39.0 Å². The molecule has 0 radical (unpaired) electrons. The van der Waals surface area contributed by atoms with Crippen LogP contribution in [0.5, 0.6) is 0 Å². The second kappa shape index (κ2) is 11.5. The van der Waals surface area contributed by atoms with E-state index in [9.17, 15) is 14.7 Å². The Hall–Kier alpha value is -1.44. The van der Waals surface area contributed by atoms with E-state index >= 15 is 0 Å². The number of carboxylic acids is 1. The molecule has 1 aliphatic rings. The van der Waals surface area contributed by atoms with E-state index in [-0.39, 0.29) is 12.2 Å². The molecule has 1 aromatic rings. The van der Waals surface area contributed by atoms with E-state index in [1.165, 1.54) is 16.0 Å². The number of ketones is 1. The molecule has 0 spiro atoms. The topological polar surface area (TPSA) is 83.8 Å². The number of aliphatic hydroxyl groups excluding tert-OH is 1. The lowest BCUT2D eigenvalue weighted by Crippen LogP contribution is -2.22. The largest absolute Gasteiger partial charge is 0.491 e. The van der Waals surface area contributed by atoms with Gasteiger partial charge in [0.15, 0.2) is 0 Å². The summed E-state index contributed by atoms with van der Waals surface area (Å²) in [5.74, 6) is -0.628. The molecule has 1 saturated carbocycles. The predicted octanol–water partition coefficient (Wildman–Crippen LogP) is 4.95. The van der Waals surface area contributed by atoms with Crippen molar-refractivity contribution in [2.75, 3.05) is 0 Å². The maximum absolute atomic E-state index is 12.2. The number of carbonyl (C=O) groups excluding carboxylic acids is 1. The first-order chi connectivity index (χ1) is 13.4. The van der Waals surface area contributed by atoms with Crippen molar-refractivity contribution in [1.29, 1.82) is 0 Å². The van der Waals surface area contributed by atoms with E-state index in [2.05, 4.69) is 28.9 Å². The van der Waals surface area contributed by atoms with Gasteiger partial charge in [-0.05, 0) is 72.7 Å². The van der Waals surface area contributed by atoms with Gasteiger partial charge in [0.05, 0.1) is 12.4 Å². The molecular weight excluding hydrogens is 444 g/mol. The molecule has 0 bridgehead atoms. The van der Waals surface area contributed by atoms with E-state index in [4.69, 9.17) is 9.84 Å². The fourth-order valence-electron chi connectivity index (χ4n) is 3.08. The molecule has 154 valence electrons. The zero-order valence-electron chi connectivity index (χ0n) is 16.0. The van der Waals surface area contributed by atoms with Crippen molar-refractivity contribution in [3.8, 4) is 0 Å². The number of carboxylic acid groups (broad SMARTS) is 1. The van der Waals surface area contributed by atoms with Gasteiger partial charge in [0.1, 0.15) is 11.9 Å². The van der Waals surface area contributed by atoms with Crippen LogP contribution in [0.25, 0.3) is 0 Å². The molecule has 1 unspecified atom stereocenters. The van der Waals surface area contributed by atoms with Gasteiger partial charge in [-0.25, -0.2) is 0 Å². The average molecular weight is 471 g/mol. The quantitative estimate of drug-likeness (QED) is 0.271. The number of Topliss-reactive ketones (excluding diaryl/α,β-unsaturated/α-hetero) is 1. The molecule has 0 aliphatic heterocycles. The summed E-state index contributed by atoms with van der Waals surface area (Å²) in [5, 5.41) is 18.7. The summed E-state index contributed by atoms with van der Waals surface area (Å²) in [5.41, 5.74) is 0.964. The molecule has 1 aromatic heterocycles. The van der Waals surface area contributed by atoms with Crippen LogP contribution in [-0.2, 0) is 20.7 Å². The Labute approximate surface area is 178 Å². The SMILES string of the molecule is Cc1sc(CCC(=O)CC=C2CCC(O)[C@@H]2OC=CCCCC(=O)O)cc1Br. The lowest BCUT2D eigenvalue weighted by molar-refractivity contribution is -0.137. The highest BCUT2D eigenvalue weighted by Crippen LogP contribution is 2.29. The predicted molar refractivity (Wildman–Crippen MR) is 114 cm³/mol. The van der Waals surface area contributed by atoms with Crippen molar-refractivity contribution in [1.82, 2.24) is 0 Å². The Morgan fingerprint density at radius 3 is 2.86 bits per heavy atom. The summed E-state index contributed by atoms with van der Waals surface area (Å²) < 4.78 is 6.75. The first-order valence-corrected chi connectivity index (χ1v) is 11.1. The van der Waals surface area contributed by atoms with Gasteiger partial charge in [-0.15, -0.1) is 11.3 Å². The van der Waals surface area contributed by atoms with Gasteiger partial charge in [0, 0.05) is 33.5 Å². The lowest BCUT2D eigenvalue weighted by Gasteiger charge is -2.16. The molecule has 0 aromatic carbocycles. The van der Waals surface area contributed by atoms with Gasteiger partial charge < -0.3 is 14.9 Å². The molecule has 2 N–H and O–H groups in total. The number of aliphatic carboxylic acids is 1. The molecule has 1 fully saturated rings. The number of hydrogen-bond acceptors (Lipinski definition) is 5. The highest BCUT2D eigenvalue weighted by Gasteiger charge is 2.30. The molecule has 1 aliphatic carbocycles. The van der Waals surface area contributed by atoms with E-state index in [1.54, 1.807) is 17.4 Å². The van der Waals surface area contributed by atoms with Gasteiger partial charge in [-0.1, -0.05) is 6.08 Å². The van der Waals surface area contributed by atoms with Crippen LogP contribution in [0.1, 0.15) is 54.7 Å². The Balaban J connectivity index is 1.77. The Bertz CT molecular complexity index is 718. The number of ether oxygens (including phenoxy) is 1. The monoisotopic (exact) mass is 470 g/mol. The second-order valence-corrected chi connectivity index (χ2v) is 9.15. The molecular formula is C21H27BrO5S. The molecule has 2 rings (SSSR count). The highest BCUT2D eigenvalue weighted by atomic mass is 79.9. The van der Waals surface area contributed by atoms with E-state index in [0.29, 0.717) is 32.1 Å². The fourth-order valence-corrected chi connectivity index (χ4v) is 4.68. The molecule has 7 heteroatoms. The van der Waals surface area contributed by atoms with Gasteiger partial charge in [0.25, 0.3) is 0 Å². The lowest BCUT2D eigenvalue weighted by atomic mass is 10.1. The number of halogens is 1. The third-order valence-electron chi connectivity index (χ3n) is 4.68. The van der Waals surface area contributed by atoms with Crippen LogP contribution < -0.4 is 0 Å². The van der Waals surface area contributed by atoms with Crippen molar-refractivity contribution < 1.29 is 24.5 Å². The van der Waals surface area contributed by atoms with E-state index in [0.717, 1.165) is 22.9 Å². The Morgan fingerprint density at radius 2 is 2.18 bits per heavy atom. The molecule has 28 heavy (non-hydrogen) atoms. The van der Waals surface area contributed by atoms with Crippen molar-refractivity contribution in [2.45, 2.75) is 70.5 Å². The molecule has 1 heterocycles. The van der Waals surface area contributed by atoms with Crippen molar-refractivity contribution in [2.24, 2.45) is 0 Å². The minimum atomic E-state index is -0.808.